The molecular formula is C18H24N2O2. The van der Waals surface area contributed by atoms with Crippen molar-refractivity contribution in [1.29, 1.82) is 0 Å². The lowest BCUT2D eigenvalue weighted by atomic mass is 10.1. The van der Waals surface area contributed by atoms with Crippen molar-refractivity contribution in [2.75, 3.05) is 13.7 Å². The van der Waals surface area contributed by atoms with E-state index in [1.807, 2.05) is 61.7 Å². The quantitative estimate of drug-likeness (QED) is 0.891. The van der Waals surface area contributed by atoms with Gasteiger partial charge in [0.25, 0.3) is 5.56 Å². The third-order valence-corrected chi connectivity index (χ3v) is 3.66. The summed E-state index contributed by atoms with van der Waals surface area (Å²) in [5, 5.41) is 3.22. The summed E-state index contributed by atoms with van der Waals surface area (Å²) >= 11 is 0. The minimum atomic E-state index is 0.0550. The fourth-order valence-electron chi connectivity index (χ4n) is 2.58. The molecule has 0 unspecified atom stereocenters. The normalized spacial score (nSPS) is 11.0. The number of rotatable bonds is 6. The number of aromatic nitrogens is 1. The van der Waals surface area contributed by atoms with Crippen molar-refractivity contribution in [3.8, 4) is 17.0 Å². The molecule has 0 aliphatic carbocycles. The number of hydrogen-bond donors (Lipinski definition) is 1. The van der Waals surface area contributed by atoms with E-state index in [4.69, 9.17) is 4.74 Å². The zero-order valence-electron chi connectivity index (χ0n) is 13.7. The average Bonchev–Trinajstić information content (AvgIpc) is 2.53. The lowest BCUT2D eigenvalue weighted by Gasteiger charge is -2.19. The Labute approximate surface area is 131 Å². The second-order valence-corrected chi connectivity index (χ2v) is 5.49. The molecule has 0 bridgehead atoms. The number of nitrogens with one attached hydrogen (secondary N) is 1. The monoisotopic (exact) mass is 300 g/mol. The van der Waals surface area contributed by atoms with E-state index >= 15 is 0 Å². The van der Waals surface area contributed by atoms with Crippen LogP contribution < -0.4 is 15.6 Å². The van der Waals surface area contributed by atoms with Crippen LogP contribution in [0.4, 0.5) is 0 Å². The highest BCUT2D eigenvalue weighted by Crippen LogP contribution is 2.30. The fourth-order valence-corrected chi connectivity index (χ4v) is 2.58. The Morgan fingerprint density at radius 2 is 1.91 bits per heavy atom. The van der Waals surface area contributed by atoms with Crippen molar-refractivity contribution in [2.45, 2.75) is 33.4 Å². The topological polar surface area (TPSA) is 43.3 Å². The maximum Gasteiger partial charge on any atom is 0.255 e. The third kappa shape index (κ3) is 3.22. The average molecular weight is 300 g/mol. The molecule has 1 aromatic carbocycles. The highest BCUT2D eigenvalue weighted by molar-refractivity contribution is 5.67. The predicted octanol–water partition coefficient (Wildman–Crippen LogP) is 3.21. The van der Waals surface area contributed by atoms with Crippen LogP contribution in [0.5, 0.6) is 5.75 Å². The summed E-state index contributed by atoms with van der Waals surface area (Å²) in [5.41, 5.74) is 2.66. The maximum atomic E-state index is 12.8. The van der Waals surface area contributed by atoms with Gasteiger partial charge < -0.3 is 14.6 Å². The molecule has 0 saturated heterocycles. The van der Waals surface area contributed by atoms with Crippen LogP contribution in [0.15, 0.2) is 41.2 Å². The minimum absolute atomic E-state index is 0.0550. The summed E-state index contributed by atoms with van der Waals surface area (Å²) in [7, 11) is 1.65. The number of para-hydroxylation sites is 1. The van der Waals surface area contributed by atoms with E-state index < -0.39 is 0 Å². The molecule has 0 radical (unpaired) electrons. The highest BCUT2D eigenvalue weighted by Gasteiger charge is 2.15. The van der Waals surface area contributed by atoms with Gasteiger partial charge in [0.15, 0.2) is 0 Å². The Morgan fingerprint density at radius 3 is 2.55 bits per heavy atom. The Morgan fingerprint density at radius 1 is 1.18 bits per heavy atom. The largest absolute Gasteiger partial charge is 0.496 e. The standard InChI is InChI=1S/C18H24N2O2/c1-5-19-12-14-10-11-16(20(13(2)3)18(14)21)15-8-6-7-9-17(15)22-4/h6-11,13,19H,5,12H2,1-4H3. The number of hydrogen-bond acceptors (Lipinski definition) is 3. The first kappa shape index (κ1) is 16.3. The Hall–Kier alpha value is -2.07. The molecule has 0 aliphatic heterocycles. The zero-order chi connectivity index (χ0) is 16.1. The second kappa shape index (κ2) is 7.27. The molecule has 1 aromatic heterocycles. The van der Waals surface area contributed by atoms with Crippen molar-refractivity contribution in [1.82, 2.24) is 9.88 Å². The van der Waals surface area contributed by atoms with Crippen molar-refractivity contribution >= 4 is 0 Å². The van der Waals surface area contributed by atoms with Gasteiger partial charge in [-0.05, 0) is 38.6 Å². The molecule has 1 N–H and O–H groups in total. The van der Waals surface area contributed by atoms with Crippen LogP contribution in [-0.4, -0.2) is 18.2 Å². The van der Waals surface area contributed by atoms with Gasteiger partial charge in [0, 0.05) is 23.7 Å². The first-order valence-electron chi connectivity index (χ1n) is 7.68. The van der Waals surface area contributed by atoms with Crippen molar-refractivity contribution in [3.63, 3.8) is 0 Å². The van der Waals surface area contributed by atoms with E-state index in [2.05, 4.69) is 5.32 Å². The van der Waals surface area contributed by atoms with Crippen LogP contribution in [0.2, 0.25) is 0 Å². The molecule has 4 heteroatoms. The van der Waals surface area contributed by atoms with Crippen molar-refractivity contribution in [3.05, 3.63) is 52.3 Å². The summed E-state index contributed by atoms with van der Waals surface area (Å²) in [5.74, 6) is 0.774. The van der Waals surface area contributed by atoms with Gasteiger partial charge in [0.1, 0.15) is 5.75 Å². The second-order valence-electron chi connectivity index (χ2n) is 5.49. The van der Waals surface area contributed by atoms with Crippen LogP contribution >= 0.6 is 0 Å². The summed E-state index contributed by atoms with van der Waals surface area (Å²) in [4.78, 5) is 12.8. The van der Waals surface area contributed by atoms with Crippen LogP contribution in [-0.2, 0) is 6.54 Å². The number of methoxy groups -OCH3 is 1. The first-order valence-corrected chi connectivity index (χ1v) is 7.68. The molecule has 0 spiro atoms. The molecule has 0 aliphatic rings. The molecule has 0 fully saturated rings. The smallest absolute Gasteiger partial charge is 0.255 e. The van der Waals surface area contributed by atoms with Gasteiger partial charge >= 0.3 is 0 Å². The molecular weight excluding hydrogens is 276 g/mol. The fraction of sp³-hybridized carbons (Fsp3) is 0.389. The van der Waals surface area contributed by atoms with Gasteiger partial charge in [0.2, 0.25) is 0 Å². The molecule has 0 saturated carbocycles. The molecule has 2 rings (SSSR count). The molecule has 22 heavy (non-hydrogen) atoms. The first-order chi connectivity index (χ1) is 10.6. The van der Waals surface area contributed by atoms with Crippen molar-refractivity contribution in [2.24, 2.45) is 0 Å². The van der Waals surface area contributed by atoms with Gasteiger partial charge in [-0.3, -0.25) is 4.79 Å². The maximum absolute atomic E-state index is 12.8. The number of benzene rings is 1. The van der Waals surface area contributed by atoms with E-state index in [9.17, 15) is 4.79 Å². The minimum Gasteiger partial charge on any atom is -0.496 e. The van der Waals surface area contributed by atoms with Crippen LogP contribution in [0.1, 0.15) is 32.4 Å². The van der Waals surface area contributed by atoms with E-state index in [0.717, 1.165) is 29.1 Å². The third-order valence-electron chi connectivity index (χ3n) is 3.66. The van der Waals surface area contributed by atoms with Crippen molar-refractivity contribution < 1.29 is 4.74 Å². The SMILES string of the molecule is CCNCc1ccc(-c2ccccc2OC)n(C(C)C)c1=O. The summed E-state index contributed by atoms with van der Waals surface area (Å²) in [6.07, 6.45) is 0. The Kier molecular flexibility index (Phi) is 5.39. The Balaban J connectivity index is 2.62. The molecule has 1 heterocycles. The van der Waals surface area contributed by atoms with E-state index in [-0.39, 0.29) is 11.6 Å². The van der Waals surface area contributed by atoms with Crippen LogP contribution in [0, 0.1) is 0 Å². The Bertz CT molecular complexity index is 690. The van der Waals surface area contributed by atoms with Crippen LogP contribution in [0.3, 0.4) is 0 Å². The number of ether oxygens (including phenoxy) is 1. The van der Waals surface area contributed by atoms with E-state index in [1.54, 1.807) is 7.11 Å². The van der Waals surface area contributed by atoms with E-state index in [0.29, 0.717) is 6.54 Å². The number of nitrogens with zero attached hydrogens (tertiary/aromatic N) is 1. The van der Waals surface area contributed by atoms with Crippen LogP contribution in [0.25, 0.3) is 11.3 Å². The van der Waals surface area contributed by atoms with Gasteiger partial charge in [-0.1, -0.05) is 25.1 Å². The summed E-state index contributed by atoms with van der Waals surface area (Å²) in [6, 6.07) is 11.8. The molecule has 0 amide bonds. The van der Waals surface area contributed by atoms with Gasteiger partial charge in [0.05, 0.1) is 12.8 Å². The molecule has 0 atom stereocenters. The lowest BCUT2D eigenvalue weighted by Crippen LogP contribution is -2.29. The molecule has 2 aromatic rings. The molecule has 118 valence electrons. The van der Waals surface area contributed by atoms with Gasteiger partial charge in [-0.25, -0.2) is 0 Å². The van der Waals surface area contributed by atoms with Gasteiger partial charge in [-0.15, -0.1) is 0 Å². The lowest BCUT2D eigenvalue weighted by molar-refractivity contribution is 0.415. The number of pyridine rings is 1. The van der Waals surface area contributed by atoms with Gasteiger partial charge in [-0.2, -0.15) is 0 Å². The molecule has 4 nitrogen and oxygen atoms in total. The predicted molar refractivity (Wildman–Crippen MR) is 90.5 cm³/mol. The zero-order valence-corrected chi connectivity index (χ0v) is 13.7. The summed E-state index contributed by atoms with van der Waals surface area (Å²) < 4.78 is 7.28. The summed E-state index contributed by atoms with van der Waals surface area (Å²) in [6.45, 7) is 7.52. The highest BCUT2D eigenvalue weighted by atomic mass is 16.5. The van der Waals surface area contributed by atoms with E-state index in [1.165, 1.54) is 0 Å².